The molecule has 17 heavy (non-hydrogen) atoms. The first-order chi connectivity index (χ1) is 8.08. The summed E-state index contributed by atoms with van der Waals surface area (Å²) >= 11 is 0. The number of aliphatic carboxylic acids is 1. The molecule has 0 bridgehead atoms. The fourth-order valence-electron chi connectivity index (χ4n) is 1.66. The molecule has 1 saturated heterocycles. The summed E-state index contributed by atoms with van der Waals surface area (Å²) < 4.78 is 31.0. The molecule has 1 aliphatic heterocycles. The Morgan fingerprint density at radius 1 is 1.41 bits per heavy atom. The second kappa shape index (κ2) is 4.77. The van der Waals surface area contributed by atoms with E-state index >= 15 is 0 Å². The van der Waals surface area contributed by atoms with Crippen molar-refractivity contribution in [2.24, 2.45) is 0 Å². The predicted molar refractivity (Wildman–Crippen MR) is 54.5 cm³/mol. The molecular formula is C11H11F2NO3. The van der Waals surface area contributed by atoms with Gasteiger partial charge in [-0.05, 0) is 17.7 Å². The summed E-state index contributed by atoms with van der Waals surface area (Å²) in [6, 6.07) is 2.75. The summed E-state index contributed by atoms with van der Waals surface area (Å²) in [4.78, 5) is 10.6. The van der Waals surface area contributed by atoms with E-state index in [9.17, 15) is 13.6 Å². The number of carboxylic acid groups (broad SMARTS) is 1. The van der Waals surface area contributed by atoms with Crippen molar-refractivity contribution < 1.29 is 23.4 Å². The number of carboxylic acids is 1. The van der Waals surface area contributed by atoms with Gasteiger partial charge in [0.15, 0.2) is 11.6 Å². The molecule has 0 spiro atoms. The Balaban J connectivity index is 2.05. The minimum Gasteiger partial charge on any atom is -0.480 e. The molecule has 1 aromatic carbocycles. The van der Waals surface area contributed by atoms with Crippen molar-refractivity contribution in [2.75, 3.05) is 13.2 Å². The zero-order chi connectivity index (χ0) is 12.4. The Bertz CT molecular complexity index is 431. The lowest BCUT2D eigenvalue weighted by atomic mass is 10.1. The van der Waals surface area contributed by atoms with Gasteiger partial charge >= 0.3 is 5.97 Å². The first-order valence-corrected chi connectivity index (χ1v) is 5.10. The van der Waals surface area contributed by atoms with Gasteiger partial charge in [0.05, 0.1) is 12.7 Å². The van der Waals surface area contributed by atoms with Gasteiger partial charge in [0.25, 0.3) is 0 Å². The molecule has 2 unspecified atom stereocenters. The zero-order valence-electron chi connectivity index (χ0n) is 8.82. The molecule has 0 amide bonds. The van der Waals surface area contributed by atoms with Crippen LogP contribution in [0.25, 0.3) is 0 Å². The van der Waals surface area contributed by atoms with Gasteiger partial charge in [0.2, 0.25) is 0 Å². The average Bonchev–Trinajstić information content (AvgIpc) is 2.33. The summed E-state index contributed by atoms with van der Waals surface area (Å²) in [6.45, 7) is 0.251. The first-order valence-electron chi connectivity index (χ1n) is 5.10. The summed E-state index contributed by atoms with van der Waals surface area (Å²) in [5.41, 5.74) is 0.486. The molecule has 1 fully saturated rings. The van der Waals surface area contributed by atoms with E-state index in [-0.39, 0.29) is 13.2 Å². The van der Waals surface area contributed by atoms with E-state index in [1.165, 1.54) is 6.07 Å². The van der Waals surface area contributed by atoms with Crippen molar-refractivity contribution in [1.82, 2.24) is 5.32 Å². The van der Waals surface area contributed by atoms with Crippen molar-refractivity contribution in [3.8, 4) is 0 Å². The van der Waals surface area contributed by atoms with Crippen LogP contribution in [-0.2, 0) is 9.53 Å². The summed E-state index contributed by atoms with van der Waals surface area (Å²) in [6.07, 6.45) is -0.458. The summed E-state index contributed by atoms with van der Waals surface area (Å²) in [5.74, 6) is -2.85. The van der Waals surface area contributed by atoms with Crippen LogP contribution in [0, 0.1) is 11.6 Å². The Morgan fingerprint density at radius 3 is 2.71 bits per heavy atom. The molecular weight excluding hydrogens is 232 g/mol. The minimum atomic E-state index is -0.992. The van der Waals surface area contributed by atoms with Crippen LogP contribution in [0.2, 0.25) is 0 Å². The van der Waals surface area contributed by atoms with Crippen LogP contribution in [0.4, 0.5) is 8.78 Å². The lowest BCUT2D eigenvalue weighted by Gasteiger charge is -2.28. The lowest BCUT2D eigenvalue weighted by molar-refractivity contribution is -0.144. The summed E-state index contributed by atoms with van der Waals surface area (Å²) in [5, 5.41) is 11.5. The molecule has 1 aliphatic rings. The van der Waals surface area contributed by atoms with Crippen molar-refractivity contribution in [1.29, 1.82) is 0 Å². The summed E-state index contributed by atoms with van der Waals surface area (Å²) in [7, 11) is 0. The highest BCUT2D eigenvalue weighted by molar-refractivity contribution is 5.73. The normalized spacial score (nSPS) is 24.6. The molecule has 2 rings (SSSR count). The third kappa shape index (κ3) is 2.59. The maximum atomic E-state index is 13.0. The van der Waals surface area contributed by atoms with Crippen LogP contribution in [0.3, 0.4) is 0 Å². The number of halogens is 2. The molecule has 1 aromatic rings. The maximum Gasteiger partial charge on any atom is 0.323 e. The SMILES string of the molecule is O=C(O)C1COC(c2ccc(F)c(F)c2)CN1. The van der Waals surface area contributed by atoms with Crippen molar-refractivity contribution in [3.05, 3.63) is 35.4 Å². The molecule has 1 heterocycles. The van der Waals surface area contributed by atoms with Crippen molar-refractivity contribution in [3.63, 3.8) is 0 Å². The lowest BCUT2D eigenvalue weighted by Crippen LogP contribution is -2.47. The van der Waals surface area contributed by atoms with E-state index in [2.05, 4.69) is 5.32 Å². The van der Waals surface area contributed by atoms with Crippen LogP contribution >= 0.6 is 0 Å². The number of rotatable bonds is 2. The number of ether oxygens (including phenoxy) is 1. The smallest absolute Gasteiger partial charge is 0.323 e. The van der Waals surface area contributed by atoms with E-state index in [4.69, 9.17) is 9.84 Å². The van der Waals surface area contributed by atoms with Gasteiger partial charge in [-0.1, -0.05) is 6.07 Å². The molecule has 2 atom stereocenters. The van der Waals surface area contributed by atoms with Gasteiger partial charge < -0.3 is 9.84 Å². The highest BCUT2D eigenvalue weighted by atomic mass is 19.2. The molecule has 0 aliphatic carbocycles. The predicted octanol–water partition coefficient (Wildman–Crippen LogP) is 1.08. The Hall–Kier alpha value is -1.53. The Kier molecular flexibility index (Phi) is 3.35. The number of hydrogen-bond donors (Lipinski definition) is 2. The number of nitrogens with one attached hydrogen (secondary N) is 1. The van der Waals surface area contributed by atoms with Gasteiger partial charge in [-0.2, -0.15) is 0 Å². The number of carbonyl (C=O) groups is 1. The number of hydrogen-bond acceptors (Lipinski definition) is 3. The van der Waals surface area contributed by atoms with Gasteiger partial charge in [0, 0.05) is 6.54 Å². The zero-order valence-corrected chi connectivity index (χ0v) is 8.82. The third-order valence-electron chi connectivity index (χ3n) is 2.63. The second-order valence-corrected chi connectivity index (χ2v) is 3.79. The number of benzene rings is 1. The Morgan fingerprint density at radius 2 is 2.18 bits per heavy atom. The highest BCUT2D eigenvalue weighted by Gasteiger charge is 2.27. The largest absolute Gasteiger partial charge is 0.480 e. The fourth-order valence-corrected chi connectivity index (χ4v) is 1.66. The monoisotopic (exact) mass is 243 g/mol. The number of morpholine rings is 1. The van der Waals surface area contributed by atoms with Crippen LogP contribution in [0.15, 0.2) is 18.2 Å². The fraction of sp³-hybridized carbons (Fsp3) is 0.364. The van der Waals surface area contributed by atoms with Crippen molar-refractivity contribution >= 4 is 5.97 Å². The van der Waals surface area contributed by atoms with Gasteiger partial charge in [0.1, 0.15) is 6.04 Å². The van der Waals surface area contributed by atoms with E-state index in [1.807, 2.05) is 0 Å². The van der Waals surface area contributed by atoms with Gasteiger partial charge in [-0.25, -0.2) is 8.78 Å². The van der Waals surface area contributed by atoms with Gasteiger partial charge in [-0.15, -0.1) is 0 Å². The second-order valence-electron chi connectivity index (χ2n) is 3.79. The molecule has 0 radical (unpaired) electrons. The first kappa shape index (κ1) is 11.9. The van der Waals surface area contributed by atoms with E-state index in [1.54, 1.807) is 0 Å². The highest BCUT2D eigenvalue weighted by Crippen LogP contribution is 2.21. The van der Waals surface area contributed by atoms with Crippen LogP contribution in [-0.4, -0.2) is 30.3 Å². The molecule has 0 saturated carbocycles. The standard InChI is InChI=1S/C11H11F2NO3/c12-7-2-1-6(3-8(7)13)10-4-14-9(5-17-10)11(15)16/h1-3,9-10,14H,4-5H2,(H,15,16). The maximum absolute atomic E-state index is 13.0. The van der Waals surface area contributed by atoms with Crippen molar-refractivity contribution in [2.45, 2.75) is 12.1 Å². The van der Waals surface area contributed by atoms with Crippen LogP contribution in [0.5, 0.6) is 0 Å². The topological polar surface area (TPSA) is 58.6 Å². The minimum absolute atomic E-state index is 0.000997. The third-order valence-corrected chi connectivity index (χ3v) is 2.63. The molecule has 4 nitrogen and oxygen atoms in total. The molecule has 92 valence electrons. The van der Waals surface area contributed by atoms with E-state index < -0.39 is 29.7 Å². The van der Waals surface area contributed by atoms with Crippen LogP contribution < -0.4 is 5.32 Å². The molecule has 6 heteroatoms. The van der Waals surface area contributed by atoms with E-state index in [0.717, 1.165) is 12.1 Å². The van der Waals surface area contributed by atoms with Crippen LogP contribution in [0.1, 0.15) is 11.7 Å². The average molecular weight is 243 g/mol. The Labute approximate surface area is 96.2 Å². The van der Waals surface area contributed by atoms with E-state index in [0.29, 0.717) is 5.56 Å². The molecule has 2 N–H and O–H groups in total. The molecule has 0 aromatic heterocycles. The van der Waals surface area contributed by atoms with Gasteiger partial charge in [-0.3, -0.25) is 10.1 Å². The quantitative estimate of drug-likeness (QED) is 0.816.